The number of rotatable bonds is 5. The maximum absolute atomic E-state index is 12.0. The van der Waals surface area contributed by atoms with Gasteiger partial charge in [0.15, 0.2) is 0 Å². The van der Waals surface area contributed by atoms with Crippen LogP contribution in [0.1, 0.15) is 25.7 Å². The van der Waals surface area contributed by atoms with E-state index in [-0.39, 0.29) is 24.4 Å². The van der Waals surface area contributed by atoms with Crippen molar-refractivity contribution >= 4 is 10.0 Å². The van der Waals surface area contributed by atoms with Gasteiger partial charge in [-0.3, -0.25) is 0 Å². The smallest absolute Gasteiger partial charge is 0.214 e. The number of hydrogen-bond acceptors (Lipinski definition) is 4. The number of sulfonamides is 1. The lowest BCUT2D eigenvalue weighted by molar-refractivity contribution is 0.108. The molecule has 2 rings (SSSR count). The molecule has 0 aromatic heterocycles. The molecule has 0 radical (unpaired) electrons. The molecule has 5 nitrogen and oxygen atoms in total. The van der Waals surface area contributed by atoms with Crippen molar-refractivity contribution in [2.75, 3.05) is 32.1 Å². The van der Waals surface area contributed by atoms with Gasteiger partial charge in [-0.25, -0.2) is 12.7 Å². The Hall–Kier alpha value is -0.170. The molecule has 1 N–H and O–H groups in total. The molecule has 100 valence electrons. The highest BCUT2D eigenvalue weighted by Gasteiger charge is 2.31. The van der Waals surface area contributed by atoms with E-state index in [2.05, 4.69) is 0 Å². The molecule has 0 saturated carbocycles. The van der Waals surface area contributed by atoms with Crippen LogP contribution < -0.4 is 0 Å². The van der Waals surface area contributed by atoms with Crippen molar-refractivity contribution in [3.8, 4) is 0 Å². The zero-order valence-corrected chi connectivity index (χ0v) is 10.9. The highest BCUT2D eigenvalue weighted by atomic mass is 32.2. The Morgan fingerprint density at radius 3 is 2.76 bits per heavy atom. The Morgan fingerprint density at radius 2 is 2.18 bits per heavy atom. The normalized spacial score (nSPS) is 31.1. The summed E-state index contributed by atoms with van der Waals surface area (Å²) < 4.78 is 31.0. The predicted octanol–water partition coefficient (Wildman–Crippen LogP) is 0.200. The quantitative estimate of drug-likeness (QED) is 0.769. The SMILES string of the molecule is O=S(=O)(CCC1CCCO1)N1CCC(CO)C1. The standard InChI is InChI=1S/C11H21NO4S/c13-9-10-3-5-12(8-10)17(14,15)7-4-11-2-1-6-16-11/h10-11,13H,1-9H2. The van der Waals surface area contributed by atoms with E-state index >= 15 is 0 Å². The molecule has 0 aromatic rings. The van der Waals surface area contributed by atoms with Crippen LogP contribution in [0.25, 0.3) is 0 Å². The van der Waals surface area contributed by atoms with E-state index in [1.807, 2.05) is 0 Å². The van der Waals surface area contributed by atoms with Gasteiger partial charge in [-0.15, -0.1) is 0 Å². The fourth-order valence-corrected chi connectivity index (χ4v) is 4.12. The summed E-state index contributed by atoms with van der Waals surface area (Å²) in [5.74, 6) is 0.294. The first-order valence-electron chi connectivity index (χ1n) is 6.32. The van der Waals surface area contributed by atoms with Crippen molar-refractivity contribution < 1.29 is 18.3 Å². The number of nitrogens with zero attached hydrogens (tertiary/aromatic N) is 1. The molecular weight excluding hydrogens is 242 g/mol. The van der Waals surface area contributed by atoms with Crippen LogP contribution in [0.4, 0.5) is 0 Å². The van der Waals surface area contributed by atoms with E-state index in [1.54, 1.807) is 0 Å². The Kier molecular flexibility index (Phi) is 4.41. The first-order valence-corrected chi connectivity index (χ1v) is 7.93. The largest absolute Gasteiger partial charge is 0.396 e. The monoisotopic (exact) mass is 263 g/mol. The summed E-state index contributed by atoms with van der Waals surface area (Å²) in [5.41, 5.74) is 0. The molecule has 0 amide bonds. The fourth-order valence-electron chi connectivity index (χ4n) is 2.48. The highest BCUT2D eigenvalue weighted by molar-refractivity contribution is 7.89. The lowest BCUT2D eigenvalue weighted by Gasteiger charge is -2.17. The van der Waals surface area contributed by atoms with Crippen LogP contribution in [0.2, 0.25) is 0 Å². The van der Waals surface area contributed by atoms with Gasteiger partial charge in [0.1, 0.15) is 0 Å². The zero-order valence-electron chi connectivity index (χ0n) is 10.0. The molecule has 2 atom stereocenters. The van der Waals surface area contributed by atoms with Crippen LogP contribution in [0.5, 0.6) is 0 Å². The number of ether oxygens (including phenoxy) is 1. The van der Waals surface area contributed by atoms with Gasteiger partial charge in [0.05, 0.1) is 11.9 Å². The molecule has 0 aliphatic carbocycles. The lowest BCUT2D eigenvalue weighted by Crippen LogP contribution is -2.32. The first-order chi connectivity index (χ1) is 8.12. The van der Waals surface area contributed by atoms with E-state index in [4.69, 9.17) is 9.84 Å². The molecule has 6 heteroatoms. The lowest BCUT2D eigenvalue weighted by atomic mass is 10.1. The third-order valence-electron chi connectivity index (χ3n) is 3.62. The van der Waals surface area contributed by atoms with Crippen molar-refractivity contribution in [1.29, 1.82) is 0 Å². The van der Waals surface area contributed by atoms with E-state index < -0.39 is 10.0 Å². The van der Waals surface area contributed by atoms with Crippen molar-refractivity contribution in [3.05, 3.63) is 0 Å². The second kappa shape index (κ2) is 5.65. The summed E-state index contributed by atoms with van der Waals surface area (Å²) in [4.78, 5) is 0. The van der Waals surface area contributed by atoms with Crippen molar-refractivity contribution in [2.45, 2.75) is 31.8 Å². The molecule has 2 unspecified atom stereocenters. The van der Waals surface area contributed by atoms with Gasteiger partial charge in [0.25, 0.3) is 0 Å². The predicted molar refractivity (Wildman–Crippen MR) is 64.1 cm³/mol. The average molecular weight is 263 g/mol. The van der Waals surface area contributed by atoms with Gasteiger partial charge < -0.3 is 9.84 Å². The summed E-state index contributed by atoms with van der Waals surface area (Å²) in [7, 11) is -3.15. The number of aliphatic hydroxyl groups excluding tert-OH is 1. The Bertz CT molecular complexity index is 337. The molecule has 2 fully saturated rings. The molecule has 0 spiro atoms. The van der Waals surface area contributed by atoms with Crippen molar-refractivity contribution in [3.63, 3.8) is 0 Å². The van der Waals surface area contributed by atoms with E-state index in [0.717, 1.165) is 25.9 Å². The van der Waals surface area contributed by atoms with Crippen LogP contribution in [0.15, 0.2) is 0 Å². The molecule has 2 heterocycles. The molecule has 17 heavy (non-hydrogen) atoms. The third kappa shape index (κ3) is 3.40. The zero-order chi connectivity index (χ0) is 12.3. The van der Waals surface area contributed by atoms with Gasteiger partial charge >= 0.3 is 0 Å². The second-order valence-corrected chi connectivity index (χ2v) is 7.02. The summed E-state index contributed by atoms with van der Waals surface area (Å²) >= 11 is 0. The molecule has 0 aromatic carbocycles. The molecule has 2 saturated heterocycles. The summed E-state index contributed by atoms with van der Waals surface area (Å²) in [6, 6.07) is 0. The van der Waals surface area contributed by atoms with Crippen molar-refractivity contribution in [2.24, 2.45) is 5.92 Å². The third-order valence-corrected chi connectivity index (χ3v) is 5.49. The van der Waals surface area contributed by atoms with Gasteiger partial charge in [-0.05, 0) is 31.6 Å². The van der Waals surface area contributed by atoms with E-state index in [9.17, 15) is 8.42 Å². The topological polar surface area (TPSA) is 66.8 Å². The van der Waals surface area contributed by atoms with Crippen molar-refractivity contribution in [1.82, 2.24) is 4.31 Å². The Labute approximate surface area is 103 Å². The second-order valence-electron chi connectivity index (χ2n) is 4.94. The number of aliphatic hydroxyl groups is 1. The minimum Gasteiger partial charge on any atom is -0.396 e. The van der Waals surface area contributed by atoms with Crippen LogP contribution >= 0.6 is 0 Å². The van der Waals surface area contributed by atoms with Gasteiger partial charge in [0, 0.05) is 26.3 Å². The number of hydrogen-bond donors (Lipinski definition) is 1. The molecule has 2 aliphatic rings. The van der Waals surface area contributed by atoms with E-state index in [1.165, 1.54) is 4.31 Å². The first kappa shape index (κ1) is 13.3. The summed E-state index contributed by atoms with van der Waals surface area (Å²) in [6.45, 7) is 1.88. The van der Waals surface area contributed by atoms with Crippen LogP contribution in [-0.2, 0) is 14.8 Å². The molecule has 0 bridgehead atoms. The van der Waals surface area contributed by atoms with E-state index in [0.29, 0.717) is 19.5 Å². The summed E-state index contributed by atoms with van der Waals surface area (Å²) in [5, 5.41) is 9.01. The average Bonchev–Trinajstić information content (AvgIpc) is 2.98. The van der Waals surface area contributed by atoms with Gasteiger partial charge in [0.2, 0.25) is 10.0 Å². The maximum atomic E-state index is 12.0. The van der Waals surface area contributed by atoms with Crippen LogP contribution in [0.3, 0.4) is 0 Å². The Morgan fingerprint density at radius 1 is 1.35 bits per heavy atom. The van der Waals surface area contributed by atoms with Gasteiger partial charge in [-0.1, -0.05) is 0 Å². The van der Waals surface area contributed by atoms with Gasteiger partial charge in [-0.2, -0.15) is 0 Å². The van der Waals surface area contributed by atoms with Crippen LogP contribution in [-0.4, -0.2) is 56.0 Å². The van der Waals surface area contributed by atoms with Crippen LogP contribution in [0, 0.1) is 5.92 Å². The Balaban J connectivity index is 1.81. The molecular formula is C11H21NO4S. The fraction of sp³-hybridized carbons (Fsp3) is 1.00. The molecule has 2 aliphatic heterocycles. The minimum atomic E-state index is -3.15. The summed E-state index contributed by atoms with van der Waals surface area (Å²) in [6.07, 6.45) is 3.52. The minimum absolute atomic E-state index is 0.0811. The maximum Gasteiger partial charge on any atom is 0.214 e. The highest BCUT2D eigenvalue weighted by Crippen LogP contribution is 2.21.